The topological polar surface area (TPSA) is 144 Å². The number of hydroxylamine groups is 1. The molecule has 1 aliphatic carbocycles. The number of benzene rings is 1. The minimum atomic E-state index is -0.623. The van der Waals surface area contributed by atoms with E-state index in [1.54, 1.807) is 43.3 Å². The number of thioether (sulfide) groups is 1. The molecule has 1 aromatic carbocycles. The van der Waals surface area contributed by atoms with E-state index in [1.807, 2.05) is 17.4 Å². The van der Waals surface area contributed by atoms with Crippen molar-refractivity contribution in [2.24, 2.45) is 16.6 Å². The SMILES string of the molecule is CN1CCC2=C(C1)SC(C(N)=O)N2[C@@H]1C[C@@H](C(=O)N(C)C)CC[C@@H]1NC(=O)C(=Nc1ccc(Cl)cc1)NO.Cl. The van der Waals surface area contributed by atoms with Crippen LogP contribution in [0.25, 0.3) is 0 Å². The first-order valence-corrected chi connectivity index (χ1v) is 13.8. The molecule has 1 unspecified atom stereocenters. The Morgan fingerprint density at radius 2 is 1.90 bits per heavy atom. The van der Waals surface area contributed by atoms with Gasteiger partial charge in [0.1, 0.15) is 0 Å². The fourth-order valence-corrected chi connectivity index (χ4v) is 6.90. The largest absolute Gasteiger partial charge is 0.367 e. The van der Waals surface area contributed by atoms with Crippen LogP contribution in [-0.4, -0.2) is 95.2 Å². The Labute approximate surface area is 243 Å². The minimum Gasteiger partial charge on any atom is -0.367 e. The highest BCUT2D eigenvalue weighted by atomic mass is 35.5. The molecule has 214 valence electrons. The monoisotopic (exact) mass is 599 g/mol. The molecule has 11 nitrogen and oxygen atoms in total. The average Bonchev–Trinajstić information content (AvgIpc) is 3.26. The molecular weight excluding hydrogens is 565 g/mol. The Balaban J connectivity index is 0.00000420. The molecule has 1 saturated carbocycles. The van der Waals surface area contributed by atoms with E-state index in [4.69, 9.17) is 17.3 Å². The van der Waals surface area contributed by atoms with Crippen LogP contribution >= 0.6 is 35.8 Å². The van der Waals surface area contributed by atoms with E-state index in [2.05, 4.69) is 15.2 Å². The van der Waals surface area contributed by atoms with Crippen LogP contribution in [0.1, 0.15) is 25.7 Å². The van der Waals surface area contributed by atoms with Gasteiger partial charge in [-0.1, -0.05) is 23.4 Å². The van der Waals surface area contributed by atoms with Gasteiger partial charge in [-0.3, -0.25) is 19.6 Å². The van der Waals surface area contributed by atoms with Gasteiger partial charge in [0.15, 0.2) is 5.37 Å². The summed E-state index contributed by atoms with van der Waals surface area (Å²) in [6.45, 7) is 1.55. The van der Waals surface area contributed by atoms with Gasteiger partial charge in [0.2, 0.25) is 11.7 Å². The number of hydrogen-bond acceptors (Lipinski definition) is 8. The molecule has 1 aromatic rings. The fourth-order valence-electron chi connectivity index (χ4n) is 5.35. The summed E-state index contributed by atoms with van der Waals surface area (Å²) < 4.78 is 0. The Morgan fingerprint density at radius 1 is 1.21 bits per heavy atom. The molecule has 0 bridgehead atoms. The Hall–Kier alpha value is -2.51. The number of rotatable bonds is 5. The molecule has 14 heteroatoms. The van der Waals surface area contributed by atoms with Crippen LogP contribution in [0.15, 0.2) is 39.9 Å². The van der Waals surface area contributed by atoms with Crippen molar-refractivity contribution in [1.82, 2.24) is 25.5 Å². The van der Waals surface area contributed by atoms with Gasteiger partial charge in [0.05, 0.1) is 11.7 Å². The fraction of sp³-hybridized carbons (Fsp3) is 0.520. The van der Waals surface area contributed by atoms with Gasteiger partial charge in [0.25, 0.3) is 11.8 Å². The number of nitrogens with two attached hydrogens (primary N) is 1. The lowest BCUT2D eigenvalue weighted by molar-refractivity contribution is -0.135. The smallest absolute Gasteiger partial charge is 0.289 e. The summed E-state index contributed by atoms with van der Waals surface area (Å²) in [4.78, 5) is 49.9. The molecule has 0 radical (unpaired) electrons. The quantitative estimate of drug-likeness (QED) is 0.228. The number of amidine groups is 1. The number of primary amides is 1. The van der Waals surface area contributed by atoms with Crippen molar-refractivity contribution >= 4 is 65.0 Å². The number of nitrogens with zero attached hydrogens (tertiary/aromatic N) is 4. The number of halogens is 2. The third kappa shape index (κ3) is 6.98. The normalized spacial score (nSPS) is 25.5. The van der Waals surface area contributed by atoms with Crippen molar-refractivity contribution in [3.8, 4) is 0 Å². The summed E-state index contributed by atoms with van der Waals surface area (Å²) in [6, 6.07) is 5.76. The predicted molar refractivity (Wildman–Crippen MR) is 154 cm³/mol. The summed E-state index contributed by atoms with van der Waals surface area (Å²) in [5.41, 5.74) is 9.24. The van der Waals surface area contributed by atoms with Crippen molar-refractivity contribution < 1.29 is 19.6 Å². The van der Waals surface area contributed by atoms with Crippen LogP contribution in [0.2, 0.25) is 5.02 Å². The summed E-state index contributed by atoms with van der Waals surface area (Å²) in [6.07, 6.45) is 2.28. The van der Waals surface area contributed by atoms with Crippen LogP contribution in [0.5, 0.6) is 0 Å². The van der Waals surface area contributed by atoms with Gasteiger partial charge in [-0.15, -0.1) is 12.4 Å². The van der Waals surface area contributed by atoms with Crippen molar-refractivity contribution in [3.05, 3.63) is 39.9 Å². The zero-order valence-electron chi connectivity index (χ0n) is 22.1. The molecule has 4 rings (SSSR count). The van der Waals surface area contributed by atoms with Gasteiger partial charge in [-0.05, 0) is 50.6 Å². The van der Waals surface area contributed by atoms with Crippen LogP contribution in [0.4, 0.5) is 5.69 Å². The van der Waals surface area contributed by atoms with Crippen LogP contribution < -0.4 is 16.5 Å². The molecule has 1 fully saturated rings. The lowest BCUT2D eigenvalue weighted by Crippen LogP contribution is -2.59. The van der Waals surface area contributed by atoms with Gasteiger partial charge >= 0.3 is 0 Å². The maximum Gasteiger partial charge on any atom is 0.289 e. The maximum absolute atomic E-state index is 13.2. The highest BCUT2D eigenvalue weighted by Gasteiger charge is 2.47. The second-order valence-corrected chi connectivity index (χ2v) is 11.7. The molecular formula is C25H35Cl2N7O4S. The van der Waals surface area contributed by atoms with Crippen molar-refractivity contribution in [1.29, 1.82) is 0 Å². The van der Waals surface area contributed by atoms with Gasteiger partial charge in [-0.2, -0.15) is 0 Å². The van der Waals surface area contributed by atoms with E-state index in [-0.39, 0.29) is 36.1 Å². The molecule has 39 heavy (non-hydrogen) atoms. The minimum absolute atomic E-state index is 0. The second-order valence-electron chi connectivity index (χ2n) is 10.1. The van der Waals surface area contributed by atoms with E-state index < -0.39 is 23.2 Å². The lowest BCUT2D eigenvalue weighted by atomic mass is 9.80. The third-order valence-electron chi connectivity index (χ3n) is 7.20. The number of hydrogen-bond donors (Lipinski definition) is 4. The molecule has 3 aliphatic rings. The number of carbonyl (C=O) groups is 3. The molecule has 3 amide bonds. The van der Waals surface area contributed by atoms with Crippen molar-refractivity contribution in [2.75, 3.05) is 34.2 Å². The highest BCUT2D eigenvalue weighted by molar-refractivity contribution is 8.04. The molecule has 4 atom stereocenters. The number of carbonyl (C=O) groups excluding carboxylic acids is 3. The standard InChI is InChI=1S/C25H34ClN7O4S.ClH/c1-31(2)24(36)14-4-9-17(29-23(35)22(30-37)28-16-7-5-15(26)6-8-16)19(12-14)33-18-10-11-32(3)13-20(18)38-25(33)21(27)34;/h5-8,14,17,19,25,37H,4,9-13H2,1-3H3,(H2,27,34)(H,28,30)(H,29,35);1H/t14-,17-,19+,25?;/m0./s1. The predicted octanol–water partition coefficient (Wildman–Crippen LogP) is 1.92. The van der Waals surface area contributed by atoms with Gasteiger partial charge in [0, 0.05) is 61.2 Å². The first kappa shape index (κ1) is 31.0. The maximum atomic E-state index is 13.2. The number of likely N-dealkylation sites (N-methyl/N-ethyl adjacent to an activating group) is 1. The molecule has 2 heterocycles. The first-order valence-electron chi connectivity index (χ1n) is 12.5. The number of aliphatic imine (C=N–C) groups is 1. The van der Waals surface area contributed by atoms with Gasteiger partial charge in [-0.25, -0.2) is 10.5 Å². The highest BCUT2D eigenvalue weighted by Crippen LogP contribution is 2.46. The van der Waals surface area contributed by atoms with E-state index in [1.165, 1.54) is 11.8 Å². The summed E-state index contributed by atoms with van der Waals surface area (Å²) in [7, 11) is 5.49. The summed E-state index contributed by atoms with van der Waals surface area (Å²) in [5, 5.41) is 12.6. The Bertz CT molecular complexity index is 1150. The average molecular weight is 601 g/mol. The summed E-state index contributed by atoms with van der Waals surface area (Å²) >= 11 is 7.38. The molecule has 0 spiro atoms. The number of amides is 3. The van der Waals surface area contributed by atoms with E-state index in [9.17, 15) is 19.6 Å². The Morgan fingerprint density at radius 3 is 2.51 bits per heavy atom. The molecule has 0 saturated heterocycles. The zero-order valence-corrected chi connectivity index (χ0v) is 24.5. The van der Waals surface area contributed by atoms with Gasteiger partial charge < -0.3 is 25.8 Å². The molecule has 5 N–H and O–H groups in total. The van der Waals surface area contributed by atoms with E-state index in [0.717, 1.165) is 30.1 Å². The number of nitrogens with one attached hydrogen (secondary N) is 2. The van der Waals surface area contributed by atoms with Crippen LogP contribution in [0, 0.1) is 5.92 Å². The lowest BCUT2D eigenvalue weighted by Gasteiger charge is -2.45. The molecule has 0 aromatic heterocycles. The first-order chi connectivity index (χ1) is 18.1. The van der Waals surface area contributed by atoms with E-state index >= 15 is 0 Å². The summed E-state index contributed by atoms with van der Waals surface area (Å²) in [5.74, 6) is -1.58. The van der Waals surface area contributed by atoms with Crippen molar-refractivity contribution in [3.63, 3.8) is 0 Å². The van der Waals surface area contributed by atoms with Crippen molar-refractivity contribution in [2.45, 2.75) is 43.1 Å². The molecule has 2 aliphatic heterocycles. The Kier molecular flexibility index (Phi) is 10.5. The van der Waals surface area contributed by atoms with Crippen LogP contribution in [0.3, 0.4) is 0 Å². The second kappa shape index (κ2) is 13.2. The zero-order chi connectivity index (χ0) is 27.6. The third-order valence-corrected chi connectivity index (χ3v) is 8.78. The van der Waals surface area contributed by atoms with E-state index in [0.29, 0.717) is 30.0 Å². The van der Waals surface area contributed by atoms with Crippen LogP contribution in [-0.2, 0) is 14.4 Å².